The number of carbonyl (C=O) groups is 3. The van der Waals surface area contributed by atoms with E-state index in [1.807, 2.05) is 0 Å². The highest BCUT2D eigenvalue weighted by Gasteiger charge is 2.32. The number of para-hydroxylation sites is 1. The van der Waals surface area contributed by atoms with Crippen molar-refractivity contribution in [2.75, 3.05) is 0 Å². The van der Waals surface area contributed by atoms with Crippen molar-refractivity contribution in [3.05, 3.63) is 131 Å². The number of ketones is 2. The SMILES string of the molecule is [C-]#[N+]c1c(C)c(C=CC=CC=c2ccc3c(c2)C(=O)C(=C2N=c4ccccc4=CC2=O)C=3O)c(=O)n(CC(=O)O)c1O. The Balaban J connectivity index is 1.45. The van der Waals surface area contributed by atoms with E-state index >= 15 is 0 Å². The molecule has 0 unspecified atom stereocenters. The van der Waals surface area contributed by atoms with Crippen LogP contribution < -0.4 is 26.6 Å². The molecule has 2 heterocycles. The fourth-order valence-corrected chi connectivity index (χ4v) is 4.75. The fraction of sp³-hybridized carbons (Fsp3) is 0.0625. The molecule has 0 amide bonds. The number of allylic oxidation sites excluding steroid dienone is 4. The van der Waals surface area contributed by atoms with Gasteiger partial charge in [0.25, 0.3) is 5.56 Å². The van der Waals surface area contributed by atoms with E-state index in [-0.39, 0.29) is 39.4 Å². The predicted molar refractivity (Wildman–Crippen MR) is 153 cm³/mol. The van der Waals surface area contributed by atoms with Crippen LogP contribution in [0.5, 0.6) is 5.88 Å². The van der Waals surface area contributed by atoms with E-state index in [1.54, 1.807) is 60.7 Å². The number of carboxylic acid groups (broad SMARTS) is 1. The van der Waals surface area contributed by atoms with Gasteiger partial charge in [0.2, 0.25) is 11.5 Å². The van der Waals surface area contributed by atoms with Crippen LogP contribution in [0.25, 0.3) is 28.8 Å². The summed E-state index contributed by atoms with van der Waals surface area (Å²) in [4.78, 5) is 57.5. The molecule has 10 heteroatoms. The summed E-state index contributed by atoms with van der Waals surface area (Å²) in [5.74, 6) is -3.34. The van der Waals surface area contributed by atoms with E-state index in [2.05, 4.69) is 9.84 Å². The van der Waals surface area contributed by atoms with E-state index in [9.17, 15) is 29.4 Å². The maximum atomic E-state index is 13.3. The summed E-state index contributed by atoms with van der Waals surface area (Å²) < 4.78 is 0.626. The lowest BCUT2D eigenvalue weighted by Crippen LogP contribution is -2.30. The molecule has 0 fully saturated rings. The third kappa shape index (κ3) is 4.76. The molecular weight excluding hydrogens is 538 g/mol. The van der Waals surface area contributed by atoms with Crippen LogP contribution in [0.3, 0.4) is 0 Å². The van der Waals surface area contributed by atoms with Gasteiger partial charge in [0, 0.05) is 21.6 Å². The number of aromatic nitrogens is 1. The van der Waals surface area contributed by atoms with Crippen LogP contribution in [0.15, 0.2) is 81.7 Å². The second-order valence-corrected chi connectivity index (χ2v) is 9.40. The zero-order valence-corrected chi connectivity index (χ0v) is 22.0. The van der Waals surface area contributed by atoms with Crippen LogP contribution in [0.2, 0.25) is 0 Å². The summed E-state index contributed by atoms with van der Waals surface area (Å²) >= 11 is 0. The van der Waals surface area contributed by atoms with E-state index < -0.39 is 35.5 Å². The van der Waals surface area contributed by atoms with Gasteiger partial charge < -0.3 is 15.3 Å². The number of carboxylic acids is 1. The van der Waals surface area contributed by atoms with Gasteiger partial charge in [-0.05, 0) is 42.0 Å². The number of hydrogen-bond donors (Lipinski definition) is 3. The van der Waals surface area contributed by atoms with Gasteiger partial charge in [0.05, 0.1) is 17.5 Å². The molecule has 0 saturated carbocycles. The third-order valence-electron chi connectivity index (χ3n) is 6.81. The molecule has 1 aromatic heterocycles. The molecule has 2 aliphatic rings. The molecule has 0 radical (unpaired) electrons. The lowest BCUT2D eigenvalue weighted by Gasteiger charge is -2.12. The van der Waals surface area contributed by atoms with E-state index in [1.165, 1.54) is 25.2 Å². The Labute approximate surface area is 237 Å². The lowest BCUT2D eigenvalue weighted by atomic mass is 10.0. The van der Waals surface area contributed by atoms with Crippen molar-refractivity contribution in [2.45, 2.75) is 13.5 Å². The molecule has 1 aliphatic carbocycles. The molecule has 10 nitrogen and oxygen atoms in total. The van der Waals surface area contributed by atoms with E-state index in [0.29, 0.717) is 25.6 Å². The first kappa shape index (κ1) is 27.5. The first-order valence-electron chi connectivity index (χ1n) is 12.6. The maximum absolute atomic E-state index is 13.3. The number of aromatic hydroxyl groups is 1. The van der Waals surface area contributed by atoms with Crippen molar-refractivity contribution in [1.29, 1.82) is 0 Å². The average Bonchev–Trinajstić information content (AvgIpc) is 3.21. The highest BCUT2D eigenvalue weighted by Crippen LogP contribution is 2.31. The molecule has 5 rings (SSSR count). The zero-order valence-electron chi connectivity index (χ0n) is 22.0. The Hall–Kier alpha value is -6.08. The number of fused-ring (bicyclic) bond motifs is 2. The van der Waals surface area contributed by atoms with Crippen molar-refractivity contribution in [1.82, 2.24) is 4.57 Å². The Morgan fingerprint density at radius 3 is 2.57 bits per heavy atom. The van der Waals surface area contributed by atoms with Crippen molar-refractivity contribution < 1.29 is 29.7 Å². The molecule has 3 N–H and O–H groups in total. The number of pyridine rings is 1. The van der Waals surface area contributed by atoms with E-state index in [4.69, 9.17) is 11.7 Å². The van der Waals surface area contributed by atoms with E-state index in [0.717, 1.165) is 0 Å². The number of carbonyl (C=O) groups excluding carboxylic acids is 2. The number of aliphatic carboxylic acids is 1. The first-order chi connectivity index (χ1) is 20.1. The van der Waals surface area contributed by atoms with Crippen molar-refractivity contribution in [2.24, 2.45) is 4.99 Å². The van der Waals surface area contributed by atoms with Gasteiger partial charge in [-0.1, -0.05) is 54.6 Å². The minimum atomic E-state index is -1.35. The Morgan fingerprint density at radius 2 is 1.83 bits per heavy atom. The van der Waals surface area contributed by atoms with Gasteiger partial charge in [-0.25, -0.2) is 9.84 Å². The van der Waals surface area contributed by atoms with Crippen LogP contribution in [-0.2, 0) is 16.1 Å². The Morgan fingerprint density at radius 1 is 1.07 bits per heavy atom. The minimum absolute atomic E-state index is 0.0574. The first-order valence-corrected chi connectivity index (χ1v) is 12.6. The smallest absolute Gasteiger partial charge is 0.323 e. The molecule has 3 aromatic rings. The maximum Gasteiger partial charge on any atom is 0.323 e. The second kappa shape index (κ2) is 10.8. The number of hydrogen-bond acceptors (Lipinski definition) is 7. The van der Waals surface area contributed by atoms with Crippen LogP contribution >= 0.6 is 0 Å². The van der Waals surface area contributed by atoms with Crippen LogP contribution in [0.4, 0.5) is 5.69 Å². The molecule has 0 saturated heterocycles. The number of aliphatic hydroxyl groups is 1. The average molecular weight is 560 g/mol. The number of nitrogens with zero attached hydrogens (tertiary/aromatic N) is 3. The molecular formula is C32H21N3O7. The summed E-state index contributed by atoms with van der Waals surface area (Å²) in [6, 6.07) is 11.8. The third-order valence-corrected chi connectivity index (χ3v) is 6.81. The molecule has 0 atom stereocenters. The van der Waals surface area contributed by atoms with Crippen molar-refractivity contribution in [3.8, 4) is 5.88 Å². The molecule has 0 spiro atoms. The van der Waals surface area contributed by atoms with Crippen molar-refractivity contribution >= 4 is 47.2 Å². The second-order valence-electron chi connectivity index (χ2n) is 9.40. The summed E-state index contributed by atoms with van der Waals surface area (Å²) in [5, 5.41) is 32.1. The number of Topliss-reactive ketones (excluding diaryl/α,β-unsaturated/α-hetero) is 2. The monoisotopic (exact) mass is 559 g/mol. The van der Waals surface area contributed by atoms with Gasteiger partial charge in [0.15, 0.2) is 11.7 Å². The highest BCUT2D eigenvalue weighted by atomic mass is 16.4. The predicted octanol–water partition coefficient (Wildman–Crippen LogP) is 1.35. The lowest BCUT2D eigenvalue weighted by molar-refractivity contribution is -0.137. The zero-order chi connectivity index (χ0) is 30.1. The quantitative estimate of drug-likeness (QED) is 0.243. The minimum Gasteiger partial charge on any atom is -0.506 e. The molecule has 0 bridgehead atoms. The molecule has 2 aromatic carbocycles. The normalized spacial score (nSPS) is 16.4. The van der Waals surface area contributed by atoms with Crippen molar-refractivity contribution in [3.63, 3.8) is 0 Å². The van der Waals surface area contributed by atoms with Gasteiger partial charge >= 0.3 is 5.97 Å². The van der Waals surface area contributed by atoms with Gasteiger partial charge in [-0.3, -0.25) is 23.7 Å². The largest absolute Gasteiger partial charge is 0.506 e. The Bertz CT molecular complexity index is 2190. The Kier molecular flexibility index (Phi) is 7.08. The standard InChI is InChI=1S/C32H21N3O7/c1-17-20(31(41)35(16-25(37)38)32(42)27(17)33-2)10-5-3-4-8-18-12-13-21-22(14-18)30(40)26(29(21)39)28-24(36)15-19-9-6-7-11-23(19)34-28/h3-15,39,42H,16H2,1H3,(H,37,38). The van der Waals surface area contributed by atoms with Gasteiger partial charge in [0.1, 0.15) is 18.0 Å². The molecule has 42 heavy (non-hydrogen) atoms. The summed E-state index contributed by atoms with van der Waals surface area (Å²) in [5.41, 5.74) is -0.736. The summed E-state index contributed by atoms with van der Waals surface area (Å²) in [7, 11) is 0. The fourth-order valence-electron chi connectivity index (χ4n) is 4.75. The summed E-state index contributed by atoms with van der Waals surface area (Å²) in [6.07, 6.45) is 9.21. The molecule has 1 aliphatic heterocycles. The number of rotatable bonds is 5. The molecule has 206 valence electrons. The highest BCUT2D eigenvalue weighted by molar-refractivity contribution is 6.27. The van der Waals surface area contributed by atoms with Crippen LogP contribution in [0, 0.1) is 13.5 Å². The van der Waals surface area contributed by atoms with Crippen LogP contribution in [-0.4, -0.2) is 37.4 Å². The van der Waals surface area contributed by atoms with Crippen LogP contribution in [0.1, 0.15) is 21.5 Å². The van der Waals surface area contributed by atoms with Gasteiger partial charge in [-0.15, -0.1) is 0 Å². The number of aliphatic hydroxyl groups excluding tert-OH is 1. The number of benzene rings is 2. The topological polar surface area (TPSA) is 151 Å². The summed E-state index contributed by atoms with van der Waals surface area (Å²) in [6.45, 7) is 7.98. The van der Waals surface area contributed by atoms with Gasteiger partial charge in [-0.2, -0.15) is 0 Å².